The van der Waals surface area contributed by atoms with Gasteiger partial charge in [-0.15, -0.1) is 0 Å². The summed E-state index contributed by atoms with van der Waals surface area (Å²) in [6.45, 7) is 2.24. The van der Waals surface area contributed by atoms with E-state index in [0.717, 1.165) is 19.3 Å². The molecule has 0 rings (SSSR count). The van der Waals surface area contributed by atoms with Gasteiger partial charge in [-0.3, -0.25) is 0 Å². The Bertz CT molecular complexity index is 215. The van der Waals surface area contributed by atoms with Gasteiger partial charge >= 0.3 is 22.4 Å². The molecule has 0 aliphatic heterocycles. The molecule has 0 amide bonds. The van der Waals surface area contributed by atoms with E-state index in [1.54, 1.807) is 0 Å². The summed E-state index contributed by atoms with van der Waals surface area (Å²) in [6, 6.07) is 0. The van der Waals surface area contributed by atoms with E-state index in [-0.39, 0.29) is 28.8 Å². The minimum atomic E-state index is -0.916. The topological polar surface area (TPSA) is 40.1 Å². The molecule has 0 aliphatic carbocycles. The zero-order chi connectivity index (χ0) is 13.5. The van der Waals surface area contributed by atoms with Gasteiger partial charge in [-0.1, -0.05) is 57.6 Å². The number of rotatable bonds is 13. The Morgan fingerprint density at radius 3 is 1.84 bits per heavy atom. The first kappa shape index (κ1) is 21.3. The molecule has 0 unspecified atom stereocenters. The maximum absolute atomic E-state index is 10.2. The van der Waals surface area contributed by atoms with Crippen LogP contribution in [0.1, 0.15) is 84.0 Å². The molecule has 3 heteroatoms. The van der Waals surface area contributed by atoms with Gasteiger partial charge in [0.15, 0.2) is 0 Å². The Labute approximate surface area is 134 Å². The molecule has 0 saturated heterocycles. The van der Waals surface area contributed by atoms with Crippen LogP contribution in [0.4, 0.5) is 0 Å². The van der Waals surface area contributed by atoms with E-state index in [0.29, 0.717) is 0 Å². The largest absolute Gasteiger partial charge is 1.00 e. The summed E-state index contributed by atoms with van der Waals surface area (Å²) in [7, 11) is 0. The molecular weight excluding hydrogens is 332 g/mol. The molecule has 0 heterocycles. The molecule has 116 valence electrons. The Kier molecular flexibility index (Phi) is 20.1. The number of carbonyl (C=O) groups is 1. The number of unbranched alkanes of at least 4 members (excludes halogenated alkanes) is 9. The summed E-state index contributed by atoms with van der Waals surface area (Å²) in [5.41, 5.74) is 0. The average molecular weight is 361 g/mol. The van der Waals surface area contributed by atoms with Gasteiger partial charge in [0.2, 0.25) is 0 Å². The zero-order valence-electron chi connectivity index (χ0n) is 12.3. The number of carboxylic acid groups (broad SMARTS) is 1. The van der Waals surface area contributed by atoms with Crippen LogP contribution in [0.2, 0.25) is 0 Å². The molecule has 0 aromatic carbocycles. The maximum Gasteiger partial charge on any atom is 1.00 e. The summed E-state index contributed by atoms with van der Waals surface area (Å²) in [6.07, 6.45) is 18.0. The van der Waals surface area contributed by atoms with E-state index in [1.165, 1.54) is 51.4 Å². The monoisotopic (exact) mass is 360 g/mol. The van der Waals surface area contributed by atoms with Crippen molar-refractivity contribution in [2.75, 3.05) is 0 Å². The van der Waals surface area contributed by atoms with Crippen LogP contribution < -0.4 is 5.11 Å². The third-order valence-electron chi connectivity index (χ3n) is 3.14. The van der Waals surface area contributed by atoms with Crippen LogP contribution in [0.5, 0.6) is 0 Å². The van der Waals surface area contributed by atoms with Crippen LogP contribution in [0.15, 0.2) is 12.2 Å². The van der Waals surface area contributed by atoms with Gasteiger partial charge in [-0.2, -0.15) is 0 Å². The van der Waals surface area contributed by atoms with Crippen molar-refractivity contribution >= 4 is 5.97 Å². The van der Waals surface area contributed by atoms with Gasteiger partial charge in [-0.25, -0.2) is 0 Å². The van der Waals surface area contributed by atoms with Crippen molar-refractivity contribution in [1.82, 2.24) is 0 Å². The minimum Gasteiger partial charge on any atom is -0.550 e. The van der Waals surface area contributed by atoms with Gasteiger partial charge < -0.3 is 9.90 Å². The fourth-order valence-corrected chi connectivity index (χ4v) is 1.99. The van der Waals surface area contributed by atoms with Crippen molar-refractivity contribution in [2.45, 2.75) is 84.0 Å². The van der Waals surface area contributed by atoms with Crippen LogP contribution in [0.25, 0.3) is 0 Å². The van der Waals surface area contributed by atoms with Gasteiger partial charge in [0.25, 0.3) is 0 Å². The maximum atomic E-state index is 10.2. The molecule has 0 bridgehead atoms. The van der Waals surface area contributed by atoms with E-state index in [4.69, 9.17) is 0 Å². The van der Waals surface area contributed by atoms with Gasteiger partial charge in [0.05, 0.1) is 0 Å². The normalized spacial score (nSPS) is 10.6. The first-order valence-corrected chi connectivity index (χ1v) is 7.62. The van der Waals surface area contributed by atoms with Crippen LogP contribution in [-0.2, 0) is 27.2 Å². The number of hydrogen-bond acceptors (Lipinski definition) is 2. The zero-order valence-corrected chi connectivity index (χ0v) is 13.7. The molecule has 0 atom stereocenters. The quantitative estimate of drug-likeness (QED) is 0.283. The van der Waals surface area contributed by atoms with Gasteiger partial charge in [0, 0.05) is 5.97 Å². The summed E-state index contributed by atoms with van der Waals surface area (Å²) >= 11 is 0. The smallest absolute Gasteiger partial charge is 0.550 e. The van der Waals surface area contributed by atoms with E-state index in [9.17, 15) is 9.90 Å². The first-order chi connectivity index (χ1) is 8.77. The molecule has 0 aliphatic rings. The Morgan fingerprint density at radius 1 is 0.842 bits per heavy atom. The molecule has 19 heavy (non-hydrogen) atoms. The number of allylic oxidation sites excluding steroid dienone is 2. The Morgan fingerprint density at radius 2 is 1.32 bits per heavy atom. The molecule has 0 aromatic heterocycles. The molecule has 0 radical (unpaired) electrons. The number of hydrogen-bond donors (Lipinski definition) is 0. The fraction of sp³-hybridized carbons (Fsp3) is 0.812. The SMILES string of the molecule is CCCCCC/C=C\CCCCCCCC(=O)[O-].[Ag+]. The predicted molar refractivity (Wildman–Crippen MR) is 75.2 cm³/mol. The standard InChI is InChI=1S/C16H30O2.Ag/c1-2-3-4-5-6-7-8-9-10-11-12-13-14-15-16(17)18;/h7-8H,2-6,9-15H2,1H3,(H,17,18);/q;+1/p-1/b8-7-;. The Balaban J connectivity index is 0. The van der Waals surface area contributed by atoms with Crippen molar-refractivity contribution in [1.29, 1.82) is 0 Å². The van der Waals surface area contributed by atoms with Crippen LogP contribution in [-0.4, -0.2) is 5.97 Å². The number of carboxylic acids is 1. The molecule has 0 saturated carbocycles. The molecule has 2 nitrogen and oxygen atoms in total. The van der Waals surface area contributed by atoms with E-state index < -0.39 is 5.97 Å². The van der Waals surface area contributed by atoms with Gasteiger partial charge in [0.1, 0.15) is 0 Å². The fourth-order valence-electron chi connectivity index (χ4n) is 1.99. The second kappa shape index (κ2) is 18.0. The summed E-state index contributed by atoms with van der Waals surface area (Å²) in [5, 5.41) is 10.2. The number of carbonyl (C=O) groups excluding carboxylic acids is 1. The predicted octanol–water partition coefficient (Wildman–Crippen LogP) is 3.99. The van der Waals surface area contributed by atoms with Gasteiger partial charge in [-0.05, 0) is 38.5 Å². The van der Waals surface area contributed by atoms with Crippen LogP contribution >= 0.6 is 0 Å². The molecule has 0 spiro atoms. The molecule has 0 aromatic rings. The van der Waals surface area contributed by atoms with Crippen molar-refractivity contribution in [3.8, 4) is 0 Å². The summed E-state index contributed by atoms with van der Waals surface area (Å²) in [4.78, 5) is 10.2. The first-order valence-electron chi connectivity index (χ1n) is 7.62. The van der Waals surface area contributed by atoms with Crippen LogP contribution in [0, 0.1) is 0 Å². The van der Waals surface area contributed by atoms with Crippen molar-refractivity contribution < 1.29 is 32.3 Å². The average Bonchev–Trinajstić information content (AvgIpc) is 2.34. The van der Waals surface area contributed by atoms with E-state index >= 15 is 0 Å². The van der Waals surface area contributed by atoms with Crippen LogP contribution in [0.3, 0.4) is 0 Å². The summed E-state index contributed by atoms with van der Waals surface area (Å²) < 4.78 is 0. The minimum absolute atomic E-state index is 0. The van der Waals surface area contributed by atoms with Crippen molar-refractivity contribution in [2.24, 2.45) is 0 Å². The molecule has 0 N–H and O–H groups in total. The van der Waals surface area contributed by atoms with Crippen molar-refractivity contribution in [3.05, 3.63) is 12.2 Å². The summed E-state index contributed by atoms with van der Waals surface area (Å²) in [5.74, 6) is -0.916. The van der Waals surface area contributed by atoms with E-state index in [1.807, 2.05) is 0 Å². The number of aliphatic carboxylic acids is 1. The molecule has 0 fully saturated rings. The second-order valence-corrected chi connectivity index (χ2v) is 5.00. The van der Waals surface area contributed by atoms with Crippen molar-refractivity contribution in [3.63, 3.8) is 0 Å². The second-order valence-electron chi connectivity index (χ2n) is 5.00. The molecular formula is C16H29AgO2. The third-order valence-corrected chi connectivity index (χ3v) is 3.14. The Hall–Kier alpha value is -0.0497. The third kappa shape index (κ3) is 20.4. The van der Waals surface area contributed by atoms with E-state index in [2.05, 4.69) is 19.1 Å².